The molecule has 1 aromatic heterocycles. The lowest BCUT2D eigenvalue weighted by Crippen LogP contribution is -2.46. The van der Waals surface area contributed by atoms with E-state index in [1.165, 1.54) is 0 Å². The minimum atomic E-state index is -4.49. The van der Waals surface area contributed by atoms with Crippen molar-refractivity contribution in [1.29, 1.82) is 0 Å². The lowest BCUT2D eigenvalue weighted by molar-refractivity contribution is -0.141. The zero-order chi connectivity index (χ0) is 14.8. The lowest BCUT2D eigenvalue weighted by atomic mass is 10.0. The molecule has 1 aromatic rings. The number of carbonyl (C=O) groups excluding carboxylic acids is 1. The van der Waals surface area contributed by atoms with Gasteiger partial charge in [-0.1, -0.05) is 0 Å². The molecule has 0 bridgehead atoms. The summed E-state index contributed by atoms with van der Waals surface area (Å²) in [6, 6.07) is 2.33. The summed E-state index contributed by atoms with van der Waals surface area (Å²) in [5, 5.41) is 6.08. The van der Waals surface area contributed by atoms with Crippen LogP contribution in [0, 0.1) is 0 Å². The zero-order valence-corrected chi connectivity index (χ0v) is 13.4. The highest BCUT2D eigenvalue weighted by Crippen LogP contribution is 2.27. The maximum absolute atomic E-state index is 12.4. The van der Waals surface area contributed by atoms with E-state index in [1.807, 2.05) is 6.92 Å². The molecule has 1 saturated heterocycles. The zero-order valence-electron chi connectivity index (χ0n) is 11.8. The molecule has 2 rings (SSSR count). The number of hydrogen-bond acceptors (Lipinski definition) is 3. The topological polar surface area (TPSA) is 54.0 Å². The smallest absolute Gasteiger partial charge is 0.349 e. The van der Waals surface area contributed by atoms with Gasteiger partial charge in [0.05, 0.1) is 5.56 Å². The molecule has 1 aliphatic rings. The Bertz CT molecular complexity index is 482. The molecule has 0 aliphatic carbocycles. The largest absolute Gasteiger partial charge is 0.433 e. The Morgan fingerprint density at radius 2 is 2.05 bits per heavy atom. The third-order valence-electron chi connectivity index (χ3n) is 3.27. The Balaban J connectivity index is 0.00000220. The van der Waals surface area contributed by atoms with Gasteiger partial charge in [0.2, 0.25) is 0 Å². The van der Waals surface area contributed by atoms with Crippen molar-refractivity contribution in [3.8, 4) is 0 Å². The van der Waals surface area contributed by atoms with E-state index < -0.39 is 11.9 Å². The molecule has 1 aliphatic heterocycles. The molecule has 2 atom stereocenters. The van der Waals surface area contributed by atoms with Gasteiger partial charge in [0.25, 0.3) is 5.91 Å². The van der Waals surface area contributed by atoms with Crippen LogP contribution < -0.4 is 10.6 Å². The van der Waals surface area contributed by atoms with Crippen molar-refractivity contribution in [2.45, 2.75) is 38.0 Å². The maximum atomic E-state index is 12.4. The Morgan fingerprint density at radius 1 is 1.36 bits per heavy atom. The van der Waals surface area contributed by atoms with Crippen LogP contribution in [0.1, 0.15) is 35.8 Å². The van der Waals surface area contributed by atoms with Crippen molar-refractivity contribution in [2.24, 2.45) is 0 Å². The third kappa shape index (κ3) is 5.62. The molecular formula is C13H18Cl2F3N3O. The first-order chi connectivity index (χ1) is 9.36. The van der Waals surface area contributed by atoms with Crippen LogP contribution in [0.25, 0.3) is 0 Å². The van der Waals surface area contributed by atoms with Gasteiger partial charge >= 0.3 is 6.18 Å². The van der Waals surface area contributed by atoms with E-state index in [4.69, 9.17) is 0 Å². The number of pyridine rings is 1. The fourth-order valence-corrected chi connectivity index (χ4v) is 2.23. The fraction of sp³-hybridized carbons (Fsp3) is 0.538. The average molecular weight is 360 g/mol. The highest BCUT2D eigenvalue weighted by atomic mass is 35.5. The summed E-state index contributed by atoms with van der Waals surface area (Å²) in [6.07, 6.45) is -1.91. The summed E-state index contributed by atoms with van der Waals surface area (Å²) >= 11 is 0. The number of aromatic nitrogens is 1. The normalized spacial score (nSPS) is 21.3. The van der Waals surface area contributed by atoms with Gasteiger partial charge in [0.15, 0.2) is 0 Å². The number of halogens is 5. The van der Waals surface area contributed by atoms with E-state index in [9.17, 15) is 18.0 Å². The van der Waals surface area contributed by atoms with Crippen LogP contribution in [0.2, 0.25) is 0 Å². The van der Waals surface area contributed by atoms with E-state index in [0.29, 0.717) is 6.04 Å². The van der Waals surface area contributed by atoms with Crippen molar-refractivity contribution >= 4 is 30.7 Å². The highest BCUT2D eigenvalue weighted by Gasteiger charge is 2.32. The van der Waals surface area contributed by atoms with Crippen molar-refractivity contribution in [3.05, 3.63) is 29.6 Å². The van der Waals surface area contributed by atoms with Gasteiger partial charge in [0, 0.05) is 18.3 Å². The Kier molecular flexibility index (Phi) is 8.14. The number of alkyl halides is 3. The first-order valence-electron chi connectivity index (χ1n) is 6.44. The maximum Gasteiger partial charge on any atom is 0.433 e. The number of amides is 1. The van der Waals surface area contributed by atoms with Crippen LogP contribution in [0.4, 0.5) is 13.2 Å². The second-order valence-corrected chi connectivity index (χ2v) is 4.98. The molecule has 1 amide bonds. The fourth-order valence-electron chi connectivity index (χ4n) is 2.23. The van der Waals surface area contributed by atoms with E-state index in [1.54, 1.807) is 0 Å². The predicted molar refractivity (Wildman–Crippen MR) is 81.7 cm³/mol. The summed E-state index contributed by atoms with van der Waals surface area (Å²) in [5.41, 5.74) is -0.853. The Hall–Kier alpha value is -1.05. The number of carbonyl (C=O) groups is 1. The predicted octanol–water partition coefficient (Wildman–Crippen LogP) is 2.81. The molecule has 0 radical (unpaired) electrons. The van der Waals surface area contributed by atoms with Crippen LogP contribution in [0.5, 0.6) is 0 Å². The molecule has 0 spiro atoms. The first kappa shape index (κ1) is 20.9. The van der Waals surface area contributed by atoms with Gasteiger partial charge in [-0.2, -0.15) is 13.2 Å². The highest BCUT2D eigenvalue weighted by molar-refractivity contribution is 5.94. The van der Waals surface area contributed by atoms with Gasteiger partial charge in [-0.05, 0) is 38.4 Å². The first-order valence-corrected chi connectivity index (χ1v) is 6.44. The monoisotopic (exact) mass is 359 g/mol. The summed E-state index contributed by atoms with van der Waals surface area (Å²) in [5.74, 6) is -0.384. The summed E-state index contributed by atoms with van der Waals surface area (Å²) in [6.45, 7) is 2.84. The second kappa shape index (κ2) is 8.55. The molecule has 4 nitrogen and oxygen atoms in total. The van der Waals surface area contributed by atoms with Crippen LogP contribution in [0.3, 0.4) is 0 Å². The summed E-state index contributed by atoms with van der Waals surface area (Å²) in [4.78, 5) is 15.2. The van der Waals surface area contributed by atoms with Gasteiger partial charge in [-0.3, -0.25) is 9.78 Å². The van der Waals surface area contributed by atoms with Gasteiger partial charge in [0.1, 0.15) is 5.69 Å². The summed E-state index contributed by atoms with van der Waals surface area (Å²) in [7, 11) is 0. The molecule has 0 aromatic carbocycles. The minimum absolute atomic E-state index is 0. The molecule has 2 N–H and O–H groups in total. The Morgan fingerprint density at radius 3 is 2.55 bits per heavy atom. The SMILES string of the molecule is CC1CC(NC(=O)c2ccc(C(F)(F)F)nc2)CCN1.Cl.Cl. The van der Waals surface area contributed by atoms with Gasteiger partial charge in [-0.15, -0.1) is 24.8 Å². The third-order valence-corrected chi connectivity index (χ3v) is 3.27. The van der Waals surface area contributed by atoms with Crippen molar-refractivity contribution < 1.29 is 18.0 Å². The number of rotatable bonds is 2. The molecule has 2 unspecified atom stereocenters. The number of piperidine rings is 1. The molecular weight excluding hydrogens is 342 g/mol. The van der Waals surface area contributed by atoms with Crippen LogP contribution >= 0.6 is 24.8 Å². The minimum Gasteiger partial charge on any atom is -0.349 e. The van der Waals surface area contributed by atoms with Crippen molar-refractivity contribution in [1.82, 2.24) is 15.6 Å². The van der Waals surface area contributed by atoms with Crippen LogP contribution in [0.15, 0.2) is 18.3 Å². The molecule has 126 valence electrons. The molecule has 9 heteroatoms. The number of nitrogens with one attached hydrogen (secondary N) is 2. The van der Waals surface area contributed by atoms with Gasteiger partial charge in [-0.25, -0.2) is 0 Å². The van der Waals surface area contributed by atoms with Crippen molar-refractivity contribution in [2.75, 3.05) is 6.54 Å². The lowest BCUT2D eigenvalue weighted by Gasteiger charge is -2.28. The van der Waals surface area contributed by atoms with Crippen LogP contribution in [-0.2, 0) is 6.18 Å². The van der Waals surface area contributed by atoms with E-state index in [0.717, 1.165) is 37.7 Å². The number of nitrogens with zero attached hydrogens (tertiary/aromatic N) is 1. The summed E-state index contributed by atoms with van der Waals surface area (Å²) < 4.78 is 37.1. The van der Waals surface area contributed by atoms with E-state index in [2.05, 4.69) is 15.6 Å². The second-order valence-electron chi connectivity index (χ2n) is 4.98. The van der Waals surface area contributed by atoms with E-state index >= 15 is 0 Å². The Labute approximate surface area is 139 Å². The molecule has 2 heterocycles. The average Bonchev–Trinajstić information content (AvgIpc) is 2.38. The van der Waals surface area contributed by atoms with Crippen LogP contribution in [-0.4, -0.2) is 29.5 Å². The molecule has 0 saturated carbocycles. The molecule has 22 heavy (non-hydrogen) atoms. The van der Waals surface area contributed by atoms with E-state index in [-0.39, 0.29) is 42.3 Å². The number of hydrogen-bond donors (Lipinski definition) is 2. The van der Waals surface area contributed by atoms with Gasteiger partial charge < -0.3 is 10.6 Å². The molecule has 1 fully saturated rings. The quantitative estimate of drug-likeness (QED) is 0.853. The standard InChI is InChI=1S/C13H16F3N3O.2ClH/c1-8-6-10(4-5-17-8)19-12(20)9-2-3-11(18-7-9)13(14,15)16;;/h2-3,7-8,10,17H,4-6H2,1H3,(H,19,20);2*1H. The van der Waals surface area contributed by atoms with Crippen molar-refractivity contribution in [3.63, 3.8) is 0 Å².